The van der Waals surface area contributed by atoms with E-state index in [9.17, 15) is 0 Å². The van der Waals surface area contributed by atoms with Gasteiger partial charge >= 0.3 is 0 Å². The van der Waals surface area contributed by atoms with Crippen molar-refractivity contribution in [2.24, 2.45) is 0 Å². The van der Waals surface area contributed by atoms with E-state index >= 15 is 0 Å². The van der Waals surface area contributed by atoms with Crippen LogP contribution in [0.4, 0.5) is 5.95 Å². The summed E-state index contributed by atoms with van der Waals surface area (Å²) in [4.78, 5) is 14.7. The number of halogens is 1. The van der Waals surface area contributed by atoms with Gasteiger partial charge in [-0.1, -0.05) is 29.8 Å². The number of para-hydroxylation sites is 1. The number of likely N-dealkylation sites (tertiary alicyclic amines) is 1. The van der Waals surface area contributed by atoms with Gasteiger partial charge in [-0.15, -0.1) is 0 Å². The van der Waals surface area contributed by atoms with Gasteiger partial charge in [-0.3, -0.25) is 0 Å². The van der Waals surface area contributed by atoms with Crippen LogP contribution in [0.15, 0.2) is 36.7 Å². The SMILES string of the molecule is CN1CCC[C@@H](Nc2ncc(Cl)c(-c3c[nH]c4ccccc34)n2)C1. The zero-order valence-electron chi connectivity index (χ0n) is 13.6. The molecule has 1 aliphatic rings. The van der Waals surface area contributed by atoms with Gasteiger partial charge in [-0.2, -0.15) is 0 Å². The molecule has 24 heavy (non-hydrogen) atoms. The highest BCUT2D eigenvalue weighted by Crippen LogP contribution is 2.32. The minimum Gasteiger partial charge on any atom is -0.360 e. The first-order chi connectivity index (χ1) is 11.7. The van der Waals surface area contributed by atoms with Gasteiger partial charge in [0.05, 0.1) is 16.9 Å². The summed E-state index contributed by atoms with van der Waals surface area (Å²) in [7, 11) is 2.15. The van der Waals surface area contributed by atoms with Crippen molar-refractivity contribution < 1.29 is 0 Å². The van der Waals surface area contributed by atoms with Crippen LogP contribution < -0.4 is 5.32 Å². The second-order valence-electron chi connectivity index (χ2n) is 6.38. The molecule has 1 saturated heterocycles. The molecule has 0 bridgehead atoms. The average Bonchev–Trinajstić information content (AvgIpc) is 3.01. The molecule has 4 rings (SSSR count). The maximum absolute atomic E-state index is 6.38. The van der Waals surface area contributed by atoms with E-state index in [4.69, 9.17) is 16.6 Å². The Morgan fingerprint density at radius 1 is 1.33 bits per heavy atom. The molecule has 5 nitrogen and oxygen atoms in total. The van der Waals surface area contributed by atoms with Gasteiger partial charge in [-0.25, -0.2) is 9.97 Å². The lowest BCUT2D eigenvalue weighted by Gasteiger charge is -2.30. The second kappa shape index (κ2) is 6.42. The molecule has 2 N–H and O–H groups in total. The lowest BCUT2D eigenvalue weighted by Crippen LogP contribution is -2.40. The lowest BCUT2D eigenvalue weighted by atomic mass is 10.1. The van der Waals surface area contributed by atoms with Crippen LogP contribution in [0, 0.1) is 0 Å². The fraction of sp³-hybridized carbons (Fsp3) is 0.333. The van der Waals surface area contributed by atoms with E-state index in [-0.39, 0.29) is 0 Å². The van der Waals surface area contributed by atoms with Crippen LogP contribution in [0.5, 0.6) is 0 Å². The smallest absolute Gasteiger partial charge is 0.223 e. The lowest BCUT2D eigenvalue weighted by molar-refractivity contribution is 0.260. The van der Waals surface area contributed by atoms with Crippen molar-refractivity contribution in [3.8, 4) is 11.3 Å². The van der Waals surface area contributed by atoms with E-state index < -0.39 is 0 Å². The van der Waals surface area contributed by atoms with Crippen LogP contribution in [0.2, 0.25) is 5.02 Å². The third kappa shape index (κ3) is 2.97. The minimum absolute atomic E-state index is 0.376. The highest BCUT2D eigenvalue weighted by Gasteiger charge is 2.19. The van der Waals surface area contributed by atoms with Gasteiger partial charge < -0.3 is 15.2 Å². The summed E-state index contributed by atoms with van der Waals surface area (Å²) in [5.41, 5.74) is 2.84. The summed E-state index contributed by atoms with van der Waals surface area (Å²) < 4.78 is 0. The van der Waals surface area contributed by atoms with Gasteiger partial charge in [0.15, 0.2) is 0 Å². The summed E-state index contributed by atoms with van der Waals surface area (Å²) in [5.74, 6) is 0.639. The van der Waals surface area contributed by atoms with Gasteiger partial charge in [0.25, 0.3) is 0 Å². The Morgan fingerprint density at radius 3 is 3.08 bits per heavy atom. The Morgan fingerprint density at radius 2 is 2.21 bits per heavy atom. The summed E-state index contributed by atoms with van der Waals surface area (Å²) in [6.07, 6.45) is 5.97. The molecule has 0 spiro atoms. The van der Waals surface area contributed by atoms with E-state index in [2.05, 4.69) is 33.3 Å². The molecule has 1 aromatic carbocycles. The third-order valence-electron chi connectivity index (χ3n) is 4.55. The van der Waals surface area contributed by atoms with Crippen LogP contribution in [-0.4, -0.2) is 46.0 Å². The molecule has 3 heterocycles. The predicted molar refractivity (Wildman–Crippen MR) is 98.5 cm³/mol. The number of nitrogens with one attached hydrogen (secondary N) is 2. The highest BCUT2D eigenvalue weighted by molar-refractivity contribution is 6.33. The number of nitrogens with zero attached hydrogens (tertiary/aromatic N) is 3. The summed E-state index contributed by atoms with van der Waals surface area (Å²) in [6.45, 7) is 2.16. The number of fused-ring (bicyclic) bond motifs is 1. The zero-order chi connectivity index (χ0) is 16.5. The van der Waals surface area contributed by atoms with Gasteiger partial charge in [0.1, 0.15) is 0 Å². The van der Waals surface area contributed by atoms with Gasteiger partial charge in [0, 0.05) is 35.2 Å². The summed E-state index contributed by atoms with van der Waals surface area (Å²) in [6, 6.07) is 8.52. The van der Waals surface area contributed by atoms with Gasteiger partial charge in [0.2, 0.25) is 5.95 Å². The maximum atomic E-state index is 6.38. The number of aromatic amines is 1. The number of aromatic nitrogens is 3. The number of benzene rings is 1. The maximum Gasteiger partial charge on any atom is 0.223 e. The van der Waals surface area contributed by atoms with Crippen molar-refractivity contribution in [1.29, 1.82) is 0 Å². The van der Waals surface area contributed by atoms with Crippen molar-refractivity contribution in [3.05, 3.63) is 41.7 Å². The Kier molecular flexibility index (Phi) is 4.12. The van der Waals surface area contributed by atoms with Crippen LogP contribution >= 0.6 is 11.6 Å². The van der Waals surface area contributed by atoms with E-state index in [0.717, 1.165) is 41.7 Å². The Labute approximate surface area is 146 Å². The van der Waals surface area contributed by atoms with Crippen molar-refractivity contribution >= 4 is 28.5 Å². The topological polar surface area (TPSA) is 56.8 Å². The van der Waals surface area contributed by atoms with E-state index in [1.165, 1.54) is 6.42 Å². The number of hydrogen-bond donors (Lipinski definition) is 2. The fourth-order valence-corrected chi connectivity index (χ4v) is 3.55. The Hall–Kier alpha value is -2.11. The van der Waals surface area contributed by atoms with E-state index in [0.29, 0.717) is 17.0 Å². The number of rotatable bonds is 3. The normalized spacial score (nSPS) is 18.8. The third-order valence-corrected chi connectivity index (χ3v) is 4.82. The molecule has 1 aliphatic heterocycles. The second-order valence-corrected chi connectivity index (χ2v) is 6.79. The minimum atomic E-state index is 0.376. The quantitative estimate of drug-likeness (QED) is 0.761. The molecular weight excluding hydrogens is 322 g/mol. The monoisotopic (exact) mass is 341 g/mol. The fourth-order valence-electron chi connectivity index (χ4n) is 3.36. The number of anilines is 1. The highest BCUT2D eigenvalue weighted by atomic mass is 35.5. The van der Waals surface area contributed by atoms with Gasteiger partial charge in [-0.05, 0) is 32.5 Å². The van der Waals surface area contributed by atoms with Crippen LogP contribution in [0.3, 0.4) is 0 Å². The molecule has 0 unspecified atom stereocenters. The Balaban J connectivity index is 1.66. The molecule has 0 radical (unpaired) electrons. The number of H-pyrrole nitrogens is 1. The molecule has 0 saturated carbocycles. The average molecular weight is 342 g/mol. The molecule has 3 aromatic rings. The van der Waals surface area contributed by atoms with E-state index in [1.807, 2.05) is 24.4 Å². The first-order valence-corrected chi connectivity index (χ1v) is 8.62. The number of piperidine rings is 1. The standard InChI is InChI=1S/C18H20ClN5/c1-24-8-4-5-12(11-24)22-18-21-10-15(19)17(23-18)14-9-20-16-7-3-2-6-13(14)16/h2-3,6-7,9-10,12,20H,4-5,8,11H2,1H3,(H,21,22,23)/t12-/m1/s1. The largest absolute Gasteiger partial charge is 0.360 e. The molecule has 6 heteroatoms. The van der Waals surface area contributed by atoms with E-state index in [1.54, 1.807) is 6.20 Å². The number of likely N-dealkylation sites (N-methyl/N-ethyl adjacent to an activating group) is 1. The molecule has 124 valence electrons. The first-order valence-electron chi connectivity index (χ1n) is 8.25. The van der Waals surface area contributed by atoms with Crippen molar-refractivity contribution in [3.63, 3.8) is 0 Å². The first kappa shape index (κ1) is 15.4. The summed E-state index contributed by atoms with van der Waals surface area (Å²) >= 11 is 6.38. The Bertz CT molecular complexity index is 859. The zero-order valence-corrected chi connectivity index (χ0v) is 14.3. The molecule has 0 amide bonds. The van der Waals surface area contributed by atoms with Crippen molar-refractivity contribution in [2.45, 2.75) is 18.9 Å². The molecule has 2 aromatic heterocycles. The molecule has 1 atom stereocenters. The summed E-state index contributed by atoms with van der Waals surface area (Å²) in [5, 5.41) is 5.13. The molecular formula is C18H20ClN5. The van der Waals surface area contributed by atoms with Crippen molar-refractivity contribution in [1.82, 2.24) is 19.9 Å². The molecule has 1 fully saturated rings. The van der Waals surface area contributed by atoms with Crippen LogP contribution in [0.25, 0.3) is 22.2 Å². The number of hydrogen-bond acceptors (Lipinski definition) is 4. The van der Waals surface area contributed by atoms with Crippen LogP contribution in [-0.2, 0) is 0 Å². The van der Waals surface area contributed by atoms with Crippen LogP contribution in [0.1, 0.15) is 12.8 Å². The predicted octanol–water partition coefficient (Wildman–Crippen LogP) is 3.78. The van der Waals surface area contributed by atoms with Crippen molar-refractivity contribution in [2.75, 3.05) is 25.5 Å². The molecule has 0 aliphatic carbocycles.